The molecule has 2 aromatic rings. The number of amides is 2. The average Bonchev–Trinajstić information content (AvgIpc) is 3.05. The van der Waals surface area contributed by atoms with E-state index in [0.29, 0.717) is 30.1 Å². The zero-order valence-corrected chi connectivity index (χ0v) is 14.0. The van der Waals surface area contributed by atoms with Crippen LogP contribution in [0.3, 0.4) is 0 Å². The smallest absolute Gasteiger partial charge is 0.252 e. The number of rotatable bonds is 4. The van der Waals surface area contributed by atoms with Gasteiger partial charge in [-0.2, -0.15) is 5.10 Å². The van der Waals surface area contributed by atoms with Gasteiger partial charge in [-0.1, -0.05) is 13.8 Å². The average molecular weight is 329 g/mol. The molecular weight excluding hydrogens is 306 g/mol. The fourth-order valence-corrected chi connectivity index (χ4v) is 3.22. The second kappa shape index (κ2) is 6.51. The number of hydrogen-bond donors (Lipinski definition) is 2. The number of nitrogens with zero attached hydrogens (tertiary/aromatic N) is 3. The molecule has 0 aliphatic carbocycles. The first-order valence-corrected chi connectivity index (χ1v) is 8.31. The van der Waals surface area contributed by atoms with Crippen molar-refractivity contribution >= 4 is 23.0 Å². The molecule has 2 aromatic heterocycles. The minimum atomic E-state index is -0.515. The number of nitrogens with one attached hydrogen (secondary N) is 1. The number of primary amides is 1. The van der Waals surface area contributed by atoms with Crippen LogP contribution in [-0.4, -0.2) is 45.5 Å². The fraction of sp³-hybridized carbons (Fsp3) is 0.471. The summed E-state index contributed by atoms with van der Waals surface area (Å²) in [6.45, 7) is 5.44. The molecule has 0 saturated carbocycles. The Morgan fingerprint density at radius 3 is 2.96 bits per heavy atom. The van der Waals surface area contributed by atoms with Crippen molar-refractivity contribution in [2.24, 2.45) is 11.7 Å². The van der Waals surface area contributed by atoms with Crippen LogP contribution in [0.15, 0.2) is 24.5 Å². The first kappa shape index (κ1) is 16.3. The predicted octanol–water partition coefficient (Wildman–Crippen LogP) is 1.49. The summed E-state index contributed by atoms with van der Waals surface area (Å²) in [5, 5.41) is 7.67. The summed E-state index contributed by atoms with van der Waals surface area (Å²) in [5.41, 5.74) is 7.37. The van der Waals surface area contributed by atoms with Crippen molar-refractivity contribution in [3.05, 3.63) is 30.1 Å². The van der Waals surface area contributed by atoms with Crippen molar-refractivity contribution in [3.63, 3.8) is 0 Å². The number of likely N-dealkylation sites (tertiary alicyclic amines) is 1. The Hall–Kier alpha value is -2.57. The third-order valence-electron chi connectivity index (χ3n) is 4.77. The maximum Gasteiger partial charge on any atom is 0.252 e. The molecule has 3 rings (SSSR count). The van der Waals surface area contributed by atoms with Crippen molar-refractivity contribution in [2.45, 2.75) is 32.7 Å². The number of hydrogen-bond acceptors (Lipinski definition) is 4. The number of carbonyl (C=O) groups excluding carboxylic acids is 2. The molecule has 1 aliphatic rings. The molecule has 1 saturated heterocycles. The molecular formula is C17H23N5O2. The number of piperidine rings is 1. The fourth-order valence-electron chi connectivity index (χ4n) is 3.22. The molecule has 2 amide bonds. The highest BCUT2D eigenvalue weighted by atomic mass is 16.2. The first-order chi connectivity index (χ1) is 11.5. The van der Waals surface area contributed by atoms with Crippen LogP contribution in [0, 0.1) is 5.92 Å². The molecule has 3 N–H and O–H groups in total. The minimum absolute atomic E-state index is 0.0634. The van der Waals surface area contributed by atoms with Gasteiger partial charge < -0.3 is 16.0 Å². The highest BCUT2D eigenvalue weighted by Crippen LogP contribution is 2.27. The maximum atomic E-state index is 12.0. The lowest BCUT2D eigenvalue weighted by Gasteiger charge is -2.38. The molecule has 1 aliphatic heterocycles. The van der Waals surface area contributed by atoms with Crippen LogP contribution >= 0.6 is 0 Å². The number of nitrogens with two attached hydrogens (primary N) is 1. The van der Waals surface area contributed by atoms with E-state index in [1.54, 1.807) is 4.52 Å². The summed E-state index contributed by atoms with van der Waals surface area (Å²) in [6, 6.07) is 3.83. The molecule has 0 aromatic carbocycles. The van der Waals surface area contributed by atoms with Crippen LogP contribution in [0.5, 0.6) is 0 Å². The van der Waals surface area contributed by atoms with Crippen LogP contribution < -0.4 is 11.1 Å². The van der Waals surface area contributed by atoms with Crippen molar-refractivity contribution in [2.75, 3.05) is 18.4 Å². The summed E-state index contributed by atoms with van der Waals surface area (Å²) in [4.78, 5) is 25.7. The van der Waals surface area contributed by atoms with Gasteiger partial charge in [0.15, 0.2) is 0 Å². The predicted molar refractivity (Wildman–Crippen MR) is 91.8 cm³/mol. The Kier molecular flexibility index (Phi) is 4.42. The van der Waals surface area contributed by atoms with Crippen LogP contribution in [-0.2, 0) is 4.79 Å². The van der Waals surface area contributed by atoms with Crippen LogP contribution in [0.2, 0.25) is 0 Å². The third kappa shape index (κ3) is 2.93. The zero-order valence-electron chi connectivity index (χ0n) is 14.0. The second-order valence-corrected chi connectivity index (χ2v) is 6.35. The van der Waals surface area contributed by atoms with E-state index in [2.05, 4.69) is 17.3 Å². The van der Waals surface area contributed by atoms with E-state index in [4.69, 9.17) is 5.73 Å². The van der Waals surface area contributed by atoms with E-state index in [1.165, 1.54) is 6.20 Å². The van der Waals surface area contributed by atoms with Gasteiger partial charge in [-0.15, -0.1) is 0 Å². The molecule has 3 heterocycles. The Balaban J connectivity index is 1.93. The summed E-state index contributed by atoms with van der Waals surface area (Å²) in [5.74, 6) is 0.0276. The number of carbonyl (C=O) groups is 2. The number of aromatic nitrogens is 2. The van der Waals surface area contributed by atoms with Crippen molar-refractivity contribution in [3.8, 4) is 0 Å². The monoisotopic (exact) mass is 329 g/mol. The minimum Gasteiger partial charge on any atom is -0.378 e. The largest absolute Gasteiger partial charge is 0.378 e. The van der Waals surface area contributed by atoms with Crippen LogP contribution in [0.1, 0.15) is 37.0 Å². The molecule has 7 heteroatoms. The quantitative estimate of drug-likeness (QED) is 0.889. The Bertz CT molecular complexity index is 769. The Morgan fingerprint density at radius 2 is 2.25 bits per heavy atom. The first-order valence-electron chi connectivity index (χ1n) is 8.31. The van der Waals surface area contributed by atoms with E-state index >= 15 is 0 Å². The molecule has 128 valence electrons. The highest BCUT2D eigenvalue weighted by molar-refractivity contribution is 6.01. The van der Waals surface area contributed by atoms with Crippen molar-refractivity contribution in [1.29, 1.82) is 0 Å². The highest BCUT2D eigenvalue weighted by Gasteiger charge is 2.29. The lowest BCUT2D eigenvalue weighted by atomic mass is 9.92. The summed E-state index contributed by atoms with van der Waals surface area (Å²) >= 11 is 0. The molecule has 1 fully saturated rings. The molecule has 2 unspecified atom stereocenters. The topological polar surface area (TPSA) is 92.7 Å². The molecule has 2 atom stereocenters. The van der Waals surface area contributed by atoms with Crippen LogP contribution in [0.25, 0.3) is 5.52 Å². The van der Waals surface area contributed by atoms with Gasteiger partial charge in [0.25, 0.3) is 5.91 Å². The van der Waals surface area contributed by atoms with Gasteiger partial charge in [-0.05, 0) is 24.5 Å². The zero-order chi connectivity index (χ0) is 17.3. The van der Waals surface area contributed by atoms with Gasteiger partial charge in [-0.25, -0.2) is 4.52 Å². The molecule has 24 heavy (non-hydrogen) atoms. The standard InChI is InChI=1S/C17H23N5O2/c1-3-15(23)21-8-6-11(2)13(10-21)20-16-12(17(18)24)9-19-22-7-4-5-14(16)22/h4-5,7,9,11,13,20H,3,6,8,10H2,1-2H3,(H2,18,24). The maximum absolute atomic E-state index is 12.0. The van der Waals surface area contributed by atoms with E-state index in [-0.39, 0.29) is 11.9 Å². The molecule has 0 spiro atoms. The van der Waals surface area contributed by atoms with Crippen molar-refractivity contribution < 1.29 is 9.59 Å². The normalized spacial score (nSPS) is 21.0. The Morgan fingerprint density at radius 1 is 1.46 bits per heavy atom. The lowest BCUT2D eigenvalue weighted by Crippen LogP contribution is -2.49. The summed E-state index contributed by atoms with van der Waals surface area (Å²) < 4.78 is 1.71. The van der Waals surface area contributed by atoms with Gasteiger partial charge in [-0.3, -0.25) is 9.59 Å². The molecule has 0 radical (unpaired) electrons. The SMILES string of the molecule is CCC(=O)N1CCC(C)C(Nc2c(C(N)=O)cnn3cccc23)C1. The number of fused-ring (bicyclic) bond motifs is 1. The lowest BCUT2D eigenvalue weighted by molar-refractivity contribution is -0.132. The van der Waals surface area contributed by atoms with E-state index < -0.39 is 5.91 Å². The van der Waals surface area contributed by atoms with Gasteiger partial charge >= 0.3 is 0 Å². The van der Waals surface area contributed by atoms with E-state index in [9.17, 15) is 9.59 Å². The molecule has 0 bridgehead atoms. The van der Waals surface area contributed by atoms with Gasteiger partial charge in [0.05, 0.1) is 23.0 Å². The van der Waals surface area contributed by atoms with Gasteiger partial charge in [0, 0.05) is 31.7 Å². The Labute approximate surface area is 140 Å². The second-order valence-electron chi connectivity index (χ2n) is 6.35. The molecule has 7 nitrogen and oxygen atoms in total. The van der Waals surface area contributed by atoms with Gasteiger partial charge in [0.2, 0.25) is 5.91 Å². The number of anilines is 1. The third-order valence-corrected chi connectivity index (χ3v) is 4.77. The van der Waals surface area contributed by atoms with E-state index in [0.717, 1.165) is 18.5 Å². The summed E-state index contributed by atoms with van der Waals surface area (Å²) in [7, 11) is 0. The van der Waals surface area contributed by atoms with Gasteiger partial charge in [0.1, 0.15) is 0 Å². The van der Waals surface area contributed by atoms with Crippen LogP contribution in [0.4, 0.5) is 5.69 Å². The van der Waals surface area contributed by atoms with Crippen molar-refractivity contribution in [1.82, 2.24) is 14.5 Å². The summed E-state index contributed by atoms with van der Waals surface area (Å²) in [6.07, 6.45) is 4.74. The van der Waals surface area contributed by atoms with E-state index in [1.807, 2.05) is 30.2 Å².